The van der Waals surface area contributed by atoms with Gasteiger partial charge in [-0.25, -0.2) is 8.78 Å². The molecular weight excluding hydrogens is 308 g/mol. The van der Waals surface area contributed by atoms with Crippen LogP contribution in [0.5, 0.6) is 0 Å². The number of aromatic nitrogens is 2. The average Bonchev–Trinajstić information content (AvgIpc) is 2.59. The smallest absolute Gasteiger partial charge is 0.173 e. The van der Waals surface area contributed by atoms with Crippen molar-refractivity contribution in [1.82, 2.24) is 8.75 Å². The quantitative estimate of drug-likeness (QED) is 0.417. The van der Waals surface area contributed by atoms with E-state index in [4.69, 9.17) is 7.85 Å². The summed E-state index contributed by atoms with van der Waals surface area (Å²) in [6, 6.07) is 0. The van der Waals surface area contributed by atoms with Crippen LogP contribution in [-0.4, -0.2) is 16.6 Å². The Bertz CT molecular complexity index is 445. The number of hydrogen-bond acceptors (Lipinski definition) is 3. The number of hydrogen-bond donors (Lipinski definition) is 0. The van der Waals surface area contributed by atoms with Crippen LogP contribution < -0.4 is 5.46 Å². The van der Waals surface area contributed by atoms with Crippen LogP contribution in [0, 0.1) is 15.2 Å². The summed E-state index contributed by atoms with van der Waals surface area (Å²) in [5.41, 5.74) is 0.275. The molecule has 2 nitrogen and oxygen atoms in total. The molecule has 0 fully saturated rings. The number of benzene rings is 1. The van der Waals surface area contributed by atoms with Crippen molar-refractivity contribution in [2.24, 2.45) is 0 Å². The topological polar surface area (TPSA) is 25.8 Å². The highest BCUT2D eigenvalue weighted by Crippen LogP contribution is 2.21. The molecule has 0 spiro atoms. The lowest BCUT2D eigenvalue weighted by atomic mass is 9.94. The van der Waals surface area contributed by atoms with Crippen LogP contribution in [0.25, 0.3) is 11.0 Å². The molecule has 2 aromatic rings. The first kappa shape index (κ1) is 9.26. The second-order valence-corrected chi connectivity index (χ2v) is 3.92. The van der Waals surface area contributed by atoms with Crippen molar-refractivity contribution in [2.45, 2.75) is 0 Å². The lowest BCUT2D eigenvalue weighted by Crippen LogP contribution is -2.14. The van der Waals surface area contributed by atoms with E-state index in [2.05, 4.69) is 8.75 Å². The van der Waals surface area contributed by atoms with Crippen LogP contribution in [0.1, 0.15) is 0 Å². The van der Waals surface area contributed by atoms with E-state index in [9.17, 15) is 8.78 Å². The molecule has 0 aliphatic heterocycles. The largest absolute Gasteiger partial charge is 0.204 e. The minimum Gasteiger partial charge on any atom is -0.204 e. The van der Waals surface area contributed by atoms with Crippen molar-refractivity contribution < 1.29 is 8.78 Å². The number of nitrogens with zero attached hydrogens (tertiary/aromatic N) is 2. The molecule has 7 heteroatoms. The first-order valence-corrected chi connectivity index (χ1v) is 4.98. The average molecular weight is 308 g/mol. The molecule has 0 atom stereocenters. The Hall–Kier alpha value is -0.305. The van der Waals surface area contributed by atoms with Crippen molar-refractivity contribution in [3.8, 4) is 0 Å². The Balaban J connectivity index is 3.02. The summed E-state index contributed by atoms with van der Waals surface area (Å²) >= 11 is 2.56. The standard InChI is InChI=1S/C6BF2IN2S/c7-1-2(8)3(9)4(10)6-5(1)11-13-12-6. The van der Waals surface area contributed by atoms with Gasteiger partial charge in [-0.1, -0.05) is 0 Å². The van der Waals surface area contributed by atoms with E-state index in [-0.39, 0.29) is 14.5 Å². The summed E-state index contributed by atoms with van der Waals surface area (Å²) in [6.45, 7) is 0. The van der Waals surface area contributed by atoms with Gasteiger partial charge in [0.25, 0.3) is 0 Å². The molecule has 0 aliphatic carbocycles. The van der Waals surface area contributed by atoms with Crippen molar-refractivity contribution in [3.63, 3.8) is 0 Å². The van der Waals surface area contributed by atoms with Crippen LogP contribution in [-0.2, 0) is 0 Å². The molecule has 0 saturated carbocycles. The van der Waals surface area contributed by atoms with Gasteiger partial charge in [0.05, 0.1) is 15.3 Å². The zero-order valence-electron chi connectivity index (χ0n) is 6.01. The fraction of sp³-hybridized carbons (Fsp3) is 0. The predicted molar refractivity (Wildman–Crippen MR) is 55.4 cm³/mol. The summed E-state index contributed by atoms with van der Waals surface area (Å²) in [4.78, 5) is 0. The van der Waals surface area contributed by atoms with E-state index in [1.54, 1.807) is 22.6 Å². The molecule has 0 amide bonds. The molecule has 0 unspecified atom stereocenters. The predicted octanol–water partition coefficient (Wildman–Crippen LogP) is 1.37. The van der Waals surface area contributed by atoms with Gasteiger partial charge in [0, 0.05) is 0 Å². The SMILES string of the molecule is [B]c1c(F)c(F)c(I)c2nsnc12. The first-order chi connectivity index (χ1) is 6.13. The minimum absolute atomic E-state index is 0.119. The Kier molecular flexibility index (Phi) is 2.22. The summed E-state index contributed by atoms with van der Waals surface area (Å²) in [5.74, 6) is -2.01. The van der Waals surface area contributed by atoms with E-state index in [0.29, 0.717) is 5.52 Å². The van der Waals surface area contributed by atoms with Gasteiger partial charge in [-0.2, -0.15) is 8.75 Å². The second kappa shape index (κ2) is 3.12. The Morgan fingerprint density at radius 2 is 1.77 bits per heavy atom. The number of fused-ring (bicyclic) bond motifs is 1. The van der Waals surface area contributed by atoms with Gasteiger partial charge in [0.1, 0.15) is 18.9 Å². The van der Waals surface area contributed by atoms with E-state index in [1.807, 2.05) is 0 Å². The maximum absolute atomic E-state index is 13.1. The molecule has 1 heterocycles. The zero-order valence-corrected chi connectivity index (χ0v) is 8.99. The molecule has 2 radical (unpaired) electrons. The van der Waals surface area contributed by atoms with E-state index in [0.717, 1.165) is 11.7 Å². The maximum atomic E-state index is 13.1. The van der Waals surface area contributed by atoms with E-state index < -0.39 is 11.6 Å². The number of halogens is 3. The van der Waals surface area contributed by atoms with E-state index >= 15 is 0 Å². The fourth-order valence-corrected chi connectivity index (χ4v) is 2.27. The van der Waals surface area contributed by atoms with Crippen LogP contribution in [0.3, 0.4) is 0 Å². The van der Waals surface area contributed by atoms with Crippen molar-refractivity contribution in [1.29, 1.82) is 0 Å². The van der Waals surface area contributed by atoms with Gasteiger partial charge in [-0.15, -0.1) is 0 Å². The third-order valence-corrected chi connectivity index (χ3v) is 3.09. The molecule has 2 rings (SSSR count). The molecule has 64 valence electrons. The molecule has 0 aliphatic rings. The third-order valence-electron chi connectivity index (χ3n) is 1.57. The number of rotatable bonds is 0. The van der Waals surface area contributed by atoms with Gasteiger partial charge in [-0.05, 0) is 28.1 Å². The van der Waals surface area contributed by atoms with Crippen molar-refractivity contribution in [3.05, 3.63) is 15.2 Å². The van der Waals surface area contributed by atoms with Crippen LogP contribution in [0.15, 0.2) is 0 Å². The Morgan fingerprint density at radius 3 is 2.46 bits per heavy atom. The Labute approximate surface area is 91.2 Å². The van der Waals surface area contributed by atoms with E-state index in [1.165, 1.54) is 0 Å². The third kappa shape index (κ3) is 1.25. The molecule has 0 N–H and O–H groups in total. The molecular formula is C6BF2IN2S. The van der Waals surface area contributed by atoms with Gasteiger partial charge in [0.2, 0.25) is 0 Å². The highest BCUT2D eigenvalue weighted by Gasteiger charge is 2.17. The summed E-state index contributed by atoms with van der Waals surface area (Å²) in [5, 5.41) is 0. The van der Waals surface area contributed by atoms with Crippen LogP contribution >= 0.6 is 34.3 Å². The highest BCUT2D eigenvalue weighted by molar-refractivity contribution is 14.1. The maximum Gasteiger partial charge on any atom is 0.173 e. The lowest BCUT2D eigenvalue weighted by Gasteiger charge is -2.01. The highest BCUT2D eigenvalue weighted by atomic mass is 127. The summed E-state index contributed by atoms with van der Waals surface area (Å²) in [6.07, 6.45) is 0. The molecule has 1 aromatic carbocycles. The molecule has 0 bridgehead atoms. The van der Waals surface area contributed by atoms with Crippen LogP contribution in [0.4, 0.5) is 8.78 Å². The first-order valence-electron chi connectivity index (χ1n) is 3.17. The minimum atomic E-state index is -1.05. The van der Waals surface area contributed by atoms with Crippen molar-refractivity contribution in [2.75, 3.05) is 0 Å². The monoisotopic (exact) mass is 308 g/mol. The van der Waals surface area contributed by atoms with Crippen LogP contribution in [0.2, 0.25) is 0 Å². The molecule has 13 heavy (non-hydrogen) atoms. The Morgan fingerprint density at radius 1 is 1.15 bits per heavy atom. The van der Waals surface area contributed by atoms with Gasteiger partial charge >= 0.3 is 0 Å². The fourth-order valence-electron chi connectivity index (χ4n) is 0.932. The van der Waals surface area contributed by atoms with Gasteiger partial charge in [0.15, 0.2) is 11.6 Å². The molecule has 0 saturated heterocycles. The van der Waals surface area contributed by atoms with Gasteiger partial charge < -0.3 is 0 Å². The molecule has 1 aromatic heterocycles. The summed E-state index contributed by atoms with van der Waals surface area (Å²) in [7, 11) is 5.32. The summed E-state index contributed by atoms with van der Waals surface area (Å²) < 4.78 is 33.8. The zero-order chi connectivity index (χ0) is 9.59. The van der Waals surface area contributed by atoms with Gasteiger partial charge in [-0.3, -0.25) is 0 Å². The normalized spacial score (nSPS) is 11.0. The van der Waals surface area contributed by atoms with Crippen molar-refractivity contribution >= 4 is 58.7 Å². The lowest BCUT2D eigenvalue weighted by molar-refractivity contribution is 0.511. The second-order valence-electron chi connectivity index (χ2n) is 2.32.